The van der Waals surface area contributed by atoms with E-state index >= 15 is 0 Å². The van der Waals surface area contributed by atoms with Crippen LogP contribution in [0.1, 0.15) is 32.0 Å². The van der Waals surface area contributed by atoms with E-state index in [0.29, 0.717) is 13.2 Å². The van der Waals surface area contributed by atoms with E-state index in [1.165, 1.54) is 0 Å². The zero-order chi connectivity index (χ0) is 24.4. The van der Waals surface area contributed by atoms with Gasteiger partial charge in [0.05, 0.1) is 24.0 Å². The number of methoxy groups -OCH3 is 1. The first-order valence-corrected chi connectivity index (χ1v) is 11.7. The number of hydrogen-bond donors (Lipinski definition) is 0. The highest BCUT2D eigenvalue weighted by Crippen LogP contribution is 2.30. The van der Waals surface area contributed by atoms with E-state index in [-0.39, 0.29) is 5.41 Å². The molecule has 178 valence electrons. The number of nitrogens with zero attached hydrogens (tertiary/aromatic N) is 6. The average Bonchev–Trinajstić information content (AvgIpc) is 3.50. The van der Waals surface area contributed by atoms with Crippen LogP contribution in [0.4, 0.5) is 5.82 Å². The summed E-state index contributed by atoms with van der Waals surface area (Å²) in [5.74, 6) is 1.84. The van der Waals surface area contributed by atoms with E-state index in [1.54, 1.807) is 7.11 Å². The highest BCUT2D eigenvalue weighted by Gasteiger charge is 2.24. The quantitative estimate of drug-likeness (QED) is 0.313. The molecule has 7 heteroatoms. The lowest BCUT2D eigenvalue weighted by Gasteiger charge is -2.25. The number of rotatable bonds is 7. The van der Waals surface area contributed by atoms with Gasteiger partial charge in [0.25, 0.3) is 0 Å². The molecule has 7 nitrogen and oxygen atoms in total. The van der Waals surface area contributed by atoms with Gasteiger partial charge >= 0.3 is 0 Å². The Kier molecular flexibility index (Phi) is 5.99. The maximum Gasteiger partial charge on any atom is 0.134 e. The average molecular weight is 467 g/mol. The first-order chi connectivity index (χ1) is 16.9. The van der Waals surface area contributed by atoms with E-state index < -0.39 is 0 Å². The molecule has 0 saturated heterocycles. The van der Waals surface area contributed by atoms with E-state index in [4.69, 9.17) is 9.84 Å². The second kappa shape index (κ2) is 9.25. The largest absolute Gasteiger partial charge is 0.497 e. The van der Waals surface area contributed by atoms with Gasteiger partial charge in [0.1, 0.15) is 23.8 Å². The predicted octanol–water partition coefficient (Wildman–Crippen LogP) is 5.59. The summed E-state index contributed by atoms with van der Waals surface area (Å²) in [6.45, 7) is 7.75. The van der Waals surface area contributed by atoms with Crippen LogP contribution in [-0.2, 0) is 18.6 Å². The fourth-order valence-corrected chi connectivity index (χ4v) is 4.06. The second-order valence-corrected chi connectivity index (χ2v) is 9.65. The van der Waals surface area contributed by atoms with Crippen molar-refractivity contribution in [1.29, 1.82) is 0 Å². The molecule has 2 heterocycles. The van der Waals surface area contributed by atoms with E-state index in [9.17, 15) is 0 Å². The van der Waals surface area contributed by atoms with E-state index in [1.807, 2.05) is 57.9 Å². The summed E-state index contributed by atoms with van der Waals surface area (Å²) < 4.78 is 9.33. The van der Waals surface area contributed by atoms with E-state index in [2.05, 4.69) is 72.4 Å². The summed E-state index contributed by atoms with van der Waals surface area (Å²) in [7, 11) is 1.68. The highest BCUT2D eigenvalue weighted by molar-refractivity contribution is 5.73. The third kappa shape index (κ3) is 4.75. The molecule has 0 unspecified atom stereocenters. The van der Waals surface area contributed by atoms with Gasteiger partial charge in [0, 0.05) is 18.0 Å². The minimum absolute atomic E-state index is 0.0967. The Labute approximate surface area is 205 Å². The molecule has 0 amide bonds. The van der Waals surface area contributed by atoms with Crippen LogP contribution in [0, 0.1) is 0 Å². The Morgan fingerprint density at radius 2 is 1.60 bits per heavy atom. The van der Waals surface area contributed by atoms with Crippen molar-refractivity contribution in [3.8, 4) is 11.4 Å². The summed E-state index contributed by atoms with van der Waals surface area (Å²) in [5, 5.41) is 13.9. The number of ether oxygens (including phenoxy) is 1. The van der Waals surface area contributed by atoms with Gasteiger partial charge in [0.15, 0.2) is 0 Å². The predicted molar refractivity (Wildman–Crippen MR) is 139 cm³/mol. The molecule has 5 rings (SSSR count). The van der Waals surface area contributed by atoms with Crippen LogP contribution in [0.15, 0.2) is 84.9 Å². The molecule has 0 N–H and O–H groups in total. The van der Waals surface area contributed by atoms with Crippen molar-refractivity contribution in [3.05, 3.63) is 96.2 Å². The maximum absolute atomic E-state index is 5.36. The van der Waals surface area contributed by atoms with Gasteiger partial charge in [-0.25, -0.2) is 9.36 Å². The van der Waals surface area contributed by atoms with Gasteiger partial charge in [0.2, 0.25) is 0 Å². The van der Waals surface area contributed by atoms with Crippen molar-refractivity contribution in [2.45, 2.75) is 39.4 Å². The molecule has 0 atom stereocenters. The SMILES string of the molecule is COc1ccc(CN(Cn2nnc3ccccc32)c2cc(C(C)(C)C)nn2-c2ccccc2)cc1. The number of para-hydroxylation sites is 2. The lowest BCUT2D eigenvalue weighted by Crippen LogP contribution is -2.28. The van der Waals surface area contributed by atoms with Gasteiger partial charge in [-0.3, -0.25) is 0 Å². The highest BCUT2D eigenvalue weighted by atomic mass is 16.5. The first-order valence-electron chi connectivity index (χ1n) is 11.7. The standard InChI is InChI=1S/C28H30N6O/c1-28(2,3)26-18-27(34(30-26)22-10-6-5-7-11-22)32(19-21-14-16-23(35-4)17-15-21)20-33-25-13-9-8-12-24(25)29-31-33/h5-18H,19-20H2,1-4H3. The van der Waals surface area contributed by atoms with Crippen LogP contribution < -0.4 is 9.64 Å². The molecule has 0 aliphatic rings. The molecule has 5 aromatic rings. The Morgan fingerprint density at radius 1 is 0.886 bits per heavy atom. The monoisotopic (exact) mass is 466 g/mol. The number of aromatic nitrogens is 5. The molecule has 35 heavy (non-hydrogen) atoms. The van der Waals surface area contributed by atoms with Crippen LogP contribution in [-0.4, -0.2) is 31.9 Å². The first kappa shape index (κ1) is 22.7. The van der Waals surface area contributed by atoms with Crippen LogP contribution in [0.25, 0.3) is 16.7 Å². The van der Waals surface area contributed by atoms with Gasteiger partial charge in [-0.1, -0.05) is 68.4 Å². The number of benzene rings is 3. The molecular weight excluding hydrogens is 436 g/mol. The zero-order valence-electron chi connectivity index (χ0n) is 20.6. The van der Waals surface area contributed by atoms with Crippen LogP contribution >= 0.6 is 0 Å². The molecule has 0 saturated carbocycles. The third-order valence-corrected chi connectivity index (χ3v) is 6.04. The molecule has 0 spiro atoms. The van der Waals surface area contributed by atoms with Crippen molar-refractivity contribution in [2.75, 3.05) is 12.0 Å². The fraction of sp³-hybridized carbons (Fsp3) is 0.250. The van der Waals surface area contributed by atoms with Crippen molar-refractivity contribution in [3.63, 3.8) is 0 Å². The second-order valence-electron chi connectivity index (χ2n) is 9.65. The zero-order valence-corrected chi connectivity index (χ0v) is 20.6. The van der Waals surface area contributed by atoms with Gasteiger partial charge in [-0.2, -0.15) is 5.10 Å². The summed E-state index contributed by atoms with van der Waals surface area (Å²) >= 11 is 0. The number of fused-ring (bicyclic) bond motifs is 1. The number of hydrogen-bond acceptors (Lipinski definition) is 5. The maximum atomic E-state index is 5.36. The van der Waals surface area contributed by atoms with Gasteiger partial charge in [-0.05, 0) is 42.0 Å². The summed E-state index contributed by atoms with van der Waals surface area (Å²) in [4.78, 5) is 2.29. The fourth-order valence-electron chi connectivity index (χ4n) is 4.06. The normalized spacial score (nSPS) is 11.7. The van der Waals surface area contributed by atoms with Gasteiger partial charge in [-0.15, -0.1) is 5.10 Å². The van der Waals surface area contributed by atoms with Crippen LogP contribution in [0.5, 0.6) is 5.75 Å². The lowest BCUT2D eigenvalue weighted by atomic mass is 9.92. The molecule has 0 radical (unpaired) electrons. The molecule has 0 fully saturated rings. The summed E-state index contributed by atoms with van der Waals surface area (Å²) in [6, 6.07) is 28.7. The molecule has 0 aliphatic heterocycles. The molecule has 2 aromatic heterocycles. The Bertz CT molecular complexity index is 1410. The summed E-state index contributed by atoms with van der Waals surface area (Å²) in [6.07, 6.45) is 0. The van der Waals surface area contributed by atoms with Crippen molar-refractivity contribution in [1.82, 2.24) is 24.8 Å². The summed E-state index contributed by atoms with van der Waals surface area (Å²) in [5.41, 5.74) is 4.98. The number of anilines is 1. The van der Waals surface area contributed by atoms with Gasteiger partial charge < -0.3 is 9.64 Å². The Balaban J connectivity index is 1.62. The molecule has 3 aromatic carbocycles. The molecule has 0 aliphatic carbocycles. The molecular formula is C28H30N6O. The van der Waals surface area contributed by atoms with Crippen molar-refractivity contribution in [2.24, 2.45) is 0 Å². The minimum Gasteiger partial charge on any atom is -0.497 e. The molecule has 0 bridgehead atoms. The third-order valence-electron chi connectivity index (χ3n) is 6.04. The minimum atomic E-state index is -0.0967. The Hall–Kier alpha value is -4.13. The van der Waals surface area contributed by atoms with E-state index in [0.717, 1.165) is 39.5 Å². The Morgan fingerprint density at radius 3 is 2.31 bits per heavy atom. The van der Waals surface area contributed by atoms with Crippen molar-refractivity contribution < 1.29 is 4.74 Å². The smallest absolute Gasteiger partial charge is 0.134 e. The van der Waals surface area contributed by atoms with Crippen LogP contribution in [0.2, 0.25) is 0 Å². The topological polar surface area (TPSA) is 61.0 Å². The van der Waals surface area contributed by atoms with Crippen LogP contribution in [0.3, 0.4) is 0 Å². The van der Waals surface area contributed by atoms with Crippen molar-refractivity contribution >= 4 is 16.9 Å². The lowest BCUT2D eigenvalue weighted by molar-refractivity contribution is 0.414.